The first-order valence-corrected chi connectivity index (χ1v) is 7.14. The van der Waals surface area contributed by atoms with Crippen molar-refractivity contribution < 1.29 is 0 Å². The molecule has 2 aliphatic rings. The van der Waals surface area contributed by atoms with E-state index in [1.54, 1.807) is 0 Å². The molecule has 0 aliphatic heterocycles. The summed E-state index contributed by atoms with van der Waals surface area (Å²) in [6.45, 7) is 7.02. The fourth-order valence-electron chi connectivity index (χ4n) is 3.11. The van der Waals surface area contributed by atoms with E-state index in [0.29, 0.717) is 11.5 Å². The average Bonchev–Trinajstić information content (AvgIpc) is 3.04. The van der Waals surface area contributed by atoms with Crippen LogP contribution in [0.25, 0.3) is 0 Å². The average molecular weight is 234 g/mol. The third-order valence-corrected chi connectivity index (χ3v) is 4.57. The summed E-state index contributed by atoms with van der Waals surface area (Å²) < 4.78 is 0. The largest absolute Gasteiger partial charge is 0.297 e. The summed E-state index contributed by atoms with van der Waals surface area (Å²) in [5, 5.41) is 13.1. The molecule has 2 atom stereocenters. The second kappa shape index (κ2) is 4.61. The first-order valence-electron chi connectivity index (χ1n) is 7.14. The Hall–Kier alpha value is -0.550. The van der Waals surface area contributed by atoms with Crippen molar-refractivity contribution >= 4 is 0 Å². The fourth-order valence-corrected chi connectivity index (χ4v) is 3.11. The van der Waals surface area contributed by atoms with Gasteiger partial charge in [-0.2, -0.15) is 5.26 Å². The Morgan fingerprint density at radius 2 is 1.82 bits per heavy atom. The van der Waals surface area contributed by atoms with E-state index < -0.39 is 0 Å². The Kier molecular flexibility index (Phi) is 3.50. The molecule has 2 nitrogen and oxygen atoms in total. The van der Waals surface area contributed by atoms with Gasteiger partial charge in [0.2, 0.25) is 0 Å². The first kappa shape index (κ1) is 12.9. The van der Waals surface area contributed by atoms with E-state index in [2.05, 4.69) is 32.2 Å². The molecule has 0 radical (unpaired) electrons. The van der Waals surface area contributed by atoms with Crippen molar-refractivity contribution in [3.63, 3.8) is 0 Å². The summed E-state index contributed by atoms with van der Waals surface area (Å²) in [6, 6.07) is 3.23. The number of nitriles is 1. The lowest BCUT2D eigenvalue weighted by Crippen LogP contribution is -2.44. The number of nitrogens with zero attached hydrogens (tertiary/aromatic N) is 1. The van der Waals surface area contributed by atoms with Crippen LogP contribution < -0.4 is 5.32 Å². The predicted molar refractivity (Wildman–Crippen MR) is 70.5 cm³/mol. The Morgan fingerprint density at radius 3 is 2.35 bits per heavy atom. The maximum absolute atomic E-state index is 9.52. The van der Waals surface area contributed by atoms with Crippen LogP contribution in [-0.4, -0.2) is 11.6 Å². The van der Waals surface area contributed by atoms with Gasteiger partial charge < -0.3 is 0 Å². The molecule has 0 amide bonds. The van der Waals surface area contributed by atoms with Gasteiger partial charge in [-0.15, -0.1) is 0 Å². The van der Waals surface area contributed by atoms with Gasteiger partial charge >= 0.3 is 0 Å². The van der Waals surface area contributed by atoms with Crippen molar-refractivity contribution in [2.45, 2.75) is 77.3 Å². The molecule has 0 aromatic carbocycles. The first-order chi connectivity index (χ1) is 7.95. The Morgan fingerprint density at radius 1 is 1.12 bits per heavy atom. The van der Waals surface area contributed by atoms with Gasteiger partial charge in [0, 0.05) is 6.04 Å². The van der Waals surface area contributed by atoms with Crippen molar-refractivity contribution in [2.24, 2.45) is 11.3 Å². The zero-order valence-electron chi connectivity index (χ0n) is 11.6. The molecule has 0 spiro atoms. The summed E-state index contributed by atoms with van der Waals surface area (Å²) in [5.41, 5.74) is 0.187. The van der Waals surface area contributed by atoms with Gasteiger partial charge in [-0.25, -0.2) is 0 Å². The molecule has 0 aromatic heterocycles. The van der Waals surface area contributed by atoms with Crippen LogP contribution in [0.4, 0.5) is 0 Å². The predicted octanol–water partition coefficient (Wildman–Crippen LogP) is 3.63. The number of nitrogens with one attached hydrogen (secondary N) is 1. The molecule has 2 saturated carbocycles. The number of hydrogen-bond donors (Lipinski definition) is 1. The van der Waals surface area contributed by atoms with Gasteiger partial charge in [0.05, 0.1) is 6.07 Å². The zero-order valence-corrected chi connectivity index (χ0v) is 11.6. The molecule has 96 valence electrons. The van der Waals surface area contributed by atoms with Crippen molar-refractivity contribution in [3.05, 3.63) is 0 Å². The highest BCUT2D eigenvalue weighted by Crippen LogP contribution is 2.40. The molecule has 2 aliphatic carbocycles. The summed E-state index contributed by atoms with van der Waals surface area (Å²) in [7, 11) is 0. The summed E-state index contributed by atoms with van der Waals surface area (Å²) in [4.78, 5) is 0. The maximum Gasteiger partial charge on any atom is 0.106 e. The Balaban J connectivity index is 2.00. The third-order valence-electron chi connectivity index (χ3n) is 4.57. The number of hydrogen-bond acceptors (Lipinski definition) is 2. The van der Waals surface area contributed by atoms with E-state index in [9.17, 15) is 5.26 Å². The minimum Gasteiger partial charge on any atom is -0.297 e. The van der Waals surface area contributed by atoms with Crippen LogP contribution in [0, 0.1) is 22.7 Å². The van der Waals surface area contributed by atoms with E-state index in [1.807, 2.05) is 0 Å². The quantitative estimate of drug-likeness (QED) is 0.741. The van der Waals surface area contributed by atoms with E-state index in [0.717, 1.165) is 18.8 Å². The summed E-state index contributed by atoms with van der Waals surface area (Å²) in [6.07, 6.45) is 8.33. The molecule has 0 aromatic rings. The normalized spacial score (nSPS) is 35.1. The van der Waals surface area contributed by atoms with Gasteiger partial charge in [0.1, 0.15) is 5.54 Å². The van der Waals surface area contributed by atoms with Crippen LogP contribution in [0.1, 0.15) is 65.7 Å². The van der Waals surface area contributed by atoms with E-state index >= 15 is 0 Å². The van der Waals surface area contributed by atoms with Crippen LogP contribution >= 0.6 is 0 Å². The van der Waals surface area contributed by atoms with E-state index in [4.69, 9.17) is 0 Å². The smallest absolute Gasteiger partial charge is 0.106 e. The molecular weight excluding hydrogens is 208 g/mol. The Labute approximate surface area is 106 Å². The second-order valence-corrected chi connectivity index (χ2v) is 7.11. The van der Waals surface area contributed by atoms with Gasteiger partial charge in [0.15, 0.2) is 0 Å². The number of rotatable bonds is 2. The highest BCUT2D eigenvalue weighted by atomic mass is 15.0. The lowest BCUT2D eigenvalue weighted by atomic mass is 9.76. The molecule has 1 N–H and O–H groups in total. The molecule has 2 fully saturated rings. The van der Waals surface area contributed by atoms with Gasteiger partial charge in [-0.3, -0.25) is 5.32 Å². The molecule has 2 heteroatoms. The monoisotopic (exact) mass is 234 g/mol. The van der Waals surface area contributed by atoms with Crippen LogP contribution in [-0.2, 0) is 0 Å². The molecule has 2 rings (SSSR count). The molecule has 2 unspecified atom stereocenters. The molecule has 0 heterocycles. The minimum atomic E-state index is -0.207. The molecule has 0 saturated heterocycles. The molecule has 17 heavy (non-hydrogen) atoms. The van der Waals surface area contributed by atoms with Crippen molar-refractivity contribution in [1.29, 1.82) is 5.26 Å². The van der Waals surface area contributed by atoms with Crippen LogP contribution in [0.15, 0.2) is 0 Å². The Bertz CT molecular complexity index is 306. The second-order valence-electron chi connectivity index (χ2n) is 7.11. The van der Waals surface area contributed by atoms with Crippen molar-refractivity contribution in [1.82, 2.24) is 5.32 Å². The van der Waals surface area contributed by atoms with Gasteiger partial charge in [0.25, 0.3) is 0 Å². The van der Waals surface area contributed by atoms with E-state index in [1.165, 1.54) is 32.1 Å². The maximum atomic E-state index is 9.52. The fraction of sp³-hybridized carbons (Fsp3) is 0.933. The standard InChI is InChI=1S/C15H26N2/c1-14(2,3)12-5-4-9-15(11-16,10-8-12)17-13-6-7-13/h12-13,17H,4-10H2,1-3H3. The molecular formula is C15H26N2. The minimum absolute atomic E-state index is 0.207. The van der Waals surface area contributed by atoms with Crippen molar-refractivity contribution in [3.8, 4) is 6.07 Å². The van der Waals surface area contributed by atoms with Crippen LogP contribution in [0.3, 0.4) is 0 Å². The summed E-state index contributed by atoms with van der Waals surface area (Å²) >= 11 is 0. The lowest BCUT2D eigenvalue weighted by Gasteiger charge is -2.31. The van der Waals surface area contributed by atoms with Gasteiger partial charge in [-0.05, 0) is 49.9 Å². The lowest BCUT2D eigenvalue weighted by molar-refractivity contribution is 0.211. The SMILES string of the molecule is CC(C)(C)C1CCCC(C#N)(NC2CC2)CC1. The molecule has 0 bridgehead atoms. The zero-order chi connectivity index (χ0) is 12.5. The topological polar surface area (TPSA) is 35.8 Å². The highest BCUT2D eigenvalue weighted by Gasteiger charge is 2.39. The summed E-state index contributed by atoms with van der Waals surface area (Å²) in [5.74, 6) is 0.777. The van der Waals surface area contributed by atoms with Crippen molar-refractivity contribution in [2.75, 3.05) is 0 Å². The van der Waals surface area contributed by atoms with Crippen LogP contribution in [0.5, 0.6) is 0 Å². The van der Waals surface area contributed by atoms with Crippen LogP contribution in [0.2, 0.25) is 0 Å². The van der Waals surface area contributed by atoms with E-state index in [-0.39, 0.29) is 5.54 Å². The van der Waals surface area contributed by atoms with Gasteiger partial charge in [-0.1, -0.05) is 27.2 Å². The third kappa shape index (κ3) is 3.22. The highest BCUT2D eigenvalue weighted by molar-refractivity contribution is 5.11.